The predicted molar refractivity (Wildman–Crippen MR) is 49.2 cm³/mol. The van der Waals surface area contributed by atoms with Gasteiger partial charge in [-0.15, -0.1) is 0 Å². The van der Waals surface area contributed by atoms with Gasteiger partial charge in [-0.05, 0) is 26.7 Å². The molecule has 2 rings (SSSR count). The molecule has 0 radical (unpaired) electrons. The molecule has 0 aromatic heterocycles. The van der Waals surface area contributed by atoms with Crippen LogP contribution in [0.1, 0.15) is 26.7 Å². The van der Waals surface area contributed by atoms with Crippen molar-refractivity contribution >= 4 is 7.98 Å². The molecular formula is C8H17BN2. The summed E-state index contributed by atoms with van der Waals surface area (Å²) in [7, 11) is 2.08. The third-order valence-corrected chi connectivity index (χ3v) is 4.03. The van der Waals surface area contributed by atoms with Crippen molar-refractivity contribution < 1.29 is 0 Å². The normalized spacial score (nSPS) is 46.5. The fourth-order valence-electron chi connectivity index (χ4n) is 2.66. The zero-order valence-corrected chi connectivity index (χ0v) is 7.70. The second-order valence-corrected chi connectivity index (χ2v) is 4.34. The summed E-state index contributed by atoms with van der Waals surface area (Å²) in [4.78, 5) is 0. The molecule has 0 aromatic carbocycles. The van der Waals surface area contributed by atoms with Crippen LogP contribution in [-0.2, 0) is 0 Å². The van der Waals surface area contributed by atoms with Crippen molar-refractivity contribution in [2.24, 2.45) is 5.41 Å². The molecule has 11 heavy (non-hydrogen) atoms. The van der Waals surface area contributed by atoms with Crippen LogP contribution in [0.4, 0.5) is 0 Å². The Morgan fingerprint density at radius 2 is 2.18 bits per heavy atom. The first-order valence-electron chi connectivity index (χ1n) is 4.57. The zero-order chi connectivity index (χ0) is 8.11. The molecule has 0 amide bonds. The predicted octanol–water partition coefficient (Wildman–Crippen LogP) is -0.345. The molecule has 1 saturated carbocycles. The van der Waals surface area contributed by atoms with Crippen LogP contribution in [0.2, 0.25) is 0 Å². The minimum Gasteiger partial charge on any atom is -0.356 e. The summed E-state index contributed by atoms with van der Waals surface area (Å²) in [5.74, 6) is 0. The highest BCUT2D eigenvalue weighted by atomic mass is 15.1. The third kappa shape index (κ3) is 0.758. The molecule has 0 aromatic rings. The third-order valence-electron chi connectivity index (χ3n) is 4.03. The van der Waals surface area contributed by atoms with Crippen molar-refractivity contribution in [1.82, 2.24) is 10.5 Å². The van der Waals surface area contributed by atoms with Crippen LogP contribution in [0.25, 0.3) is 0 Å². The van der Waals surface area contributed by atoms with Gasteiger partial charge in [0.1, 0.15) is 0 Å². The van der Waals surface area contributed by atoms with Crippen molar-refractivity contribution in [3.05, 3.63) is 0 Å². The average Bonchev–Trinajstić information content (AvgIpc) is 2.75. The highest BCUT2D eigenvalue weighted by molar-refractivity contribution is 6.05. The Morgan fingerprint density at radius 1 is 1.55 bits per heavy atom. The molecule has 1 spiro atoms. The molecule has 2 N–H and O–H groups in total. The first-order valence-corrected chi connectivity index (χ1v) is 4.57. The van der Waals surface area contributed by atoms with E-state index < -0.39 is 0 Å². The Labute approximate surface area is 69.6 Å². The molecule has 1 aliphatic carbocycles. The van der Waals surface area contributed by atoms with Gasteiger partial charge >= 0.3 is 0 Å². The summed E-state index contributed by atoms with van der Waals surface area (Å²) >= 11 is 0. The van der Waals surface area contributed by atoms with Crippen LogP contribution in [0.15, 0.2) is 0 Å². The van der Waals surface area contributed by atoms with E-state index in [4.69, 9.17) is 0 Å². The van der Waals surface area contributed by atoms with E-state index in [0.717, 1.165) is 6.54 Å². The maximum Gasteiger partial charge on any atom is 0.182 e. The molecule has 62 valence electrons. The van der Waals surface area contributed by atoms with Crippen molar-refractivity contribution in [2.45, 2.75) is 38.3 Å². The van der Waals surface area contributed by atoms with E-state index in [2.05, 4.69) is 32.4 Å². The molecule has 0 bridgehead atoms. The lowest BCUT2D eigenvalue weighted by Crippen LogP contribution is -2.49. The van der Waals surface area contributed by atoms with Gasteiger partial charge in [-0.1, -0.05) is 0 Å². The van der Waals surface area contributed by atoms with Gasteiger partial charge in [-0.3, -0.25) is 0 Å². The highest BCUT2D eigenvalue weighted by Gasteiger charge is 2.62. The maximum absolute atomic E-state index is 3.55. The molecule has 1 heterocycles. The monoisotopic (exact) mass is 152 g/mol. The van der Waals surface area contributed by atoms with Crippen molar-refractivity contribution in [1.29, 1.82) is 0 Å². The lowest BCUT2D eigenvalue weighted by molar-refractivity contribution is 0.292. The molecule has 1 aliphatic heterocycles. The van der Waals surface area contributed by atoms with E-state index in [9.17, 15) is 0 Å². The molecular weight excluding hydrogens is 135 g/mol. The molecule has 2 aliphatic rings. The maximum atomic E-state index is 3.55. The molecule has 1 saturated heterocycles. The average molecular weight is 152 g/mol. The number of hydrogen-bond donors (Lipinski definition) is 2. The van der Waals surface area contributed by atoms with E-state index in [0.29, 0.717) is 17.0 Å². The van der Waals surface area contributed by atoms with Crippen molar-refractivity contribution in [3.63, 3.8) is 0 Å². The van der Waals surface area contributed by atoms with Crippen LogP contribution >= 0.6 is 0 Å². The van der Waals surface area contributed by atoms with Crippen LogP contribution < -0.4 is 10.5 Å². The Morgan fingerprint density at radius 3 is 2.55 bits per heavy atom. The van der Waals surface area contributed by atoms with Gasteiger partial charge in [-0.2, -0.15) is 0 Å². The molecule has 2 nitrogen and oxygen atoms in total. The minimum absolute atomic E-state index is 0.354. The molecule has 3 heteroatoms. The van der Waals surface area contributed by atoms with Crippen molar-refractivity contribution in [2.75, 3.05) is 6.54 Å². The van der Waals surface area contributed by atoms with E-state index in [1.54, 1.807) is 0 Å². The molecule has 2 unspecified atom stereocenters. The Kier molecular flexibility index (Phi) is 1.40. The Hall–Kier alpha value is -0.0151. The second-order valence-electron chi connectivity index (χ2n) is 4.34. The van der Waals surface area contributed by atoms with E-state index in [-0.39, 0.29) is 0 Å². The largest absolute Gasteiger partial charge is 0.356 e. The number of nitrogens with one attached hydrogen (secondary N) is 2. The summed E-state index contributed by atoms with van der Waals surface area (Å²) in [6, 6.07) is 0.708. The van der Waals surface area contributed by atoms with E-state index in [1.807, 2.05) is 0 Å². The van der Waals surface area contributed by atoms with Crippen LogP contribution in [0.5, 0.6) is 0 Å². The number of rotatable bonds is 1. The summed E-state index contributed by atoms with van der Waals surface area (Å²) in [6.45, 7) is 5.79. The van der Waals surface area contributed by atoms with Gasteiger partial charge in [0.2, 0.25) is 0 Å². The number of hydrogen-bond acceptors (Lipinski definition) is 2. The second kappa shape index (κ2) is 2.02. The van der Waals surface area contributed by atoms with E-state index >= 15 is 0 Å². The zero-order valence-electron chi connectivity index (χ0n) is 7.70. The summed E-state index contributed by atoms with van der Waals surface area (Å²) in [6.07, 6.45) is 2.80. The van der Waals surface area contributed by atoms with Crippen LogP contribution in [-0.4, -0.2) is 26.1 Å². The van der Waals surface area contributed by atoms with Gasteiger partial charge in [0.25, 0.3) is 0 Å². The summed E-state index contributed by atoms with van der Waals surface area (Å²) in [5.41, 5.74) is 0.939. The molecule has 2 fully saturated rings. The summed E-state index contributed by atoms with van der Waals surface area (Å²) in [5, 5.41) is 7.01. The smallest absolute Gasteiger partial charge is 0.182 e. The minimum atomic E-state index is 0.354. The first kappa shape index (κ1) is 7.62. The van der Waals surface area contributed by atoms with Gasteiger partial charge in [-0.25, -0.2) is 0 Å². The van der Waals surface area contributed by atoms with E-state index in [1.165, 1.54) is 12.8 Å². The van der Waals surface area contributed by atoms with Crippen LogP contribution in [0.3, 0.4) is 0 Å². The lowest BCUT2D eigenvalue weighted by atomic mass is 9.80. The Bertz CT molecular complexity index is 179. The van der Waals surface area contributed by atoms with Gasteiger partial charge < -0.3 is 10.5 Å². The van der Waals surface area contributed by atoms with Gasteiger partial charge in [0.05, 0.1) is 0 Å². The van der Waals surface area contributed by atoms with Crippen LogP contribution in [0, 0.1) is 5.41 Å². The standard InChI is InChI=1S/C8H17BN2/c1-6-8(3-4-8)7(2,11-9)5-10-6/h6,10-11H,3-5,9H2,1-2H3. The molecule has 2 atom stereocenters. The topological polar surface area (TPSA) is 24.1 Å². The first-order chi connectivity index (χ1) is 5.15. The van der Waals surface area contributed by atoms with Gasteiger partial charge in [0, 0.05) is 23.5 Å². The fourth-order valence-corrected chi connectivity index (χ4v) is 2.66. The van der Waals surface area contributed by atoms with Gasteiger partial charge in [0.15, 0.2) is 7.98 Å². The SMILES string of the molecule is BNC1(C)CNC(C)C12CC2. The summed E-state index contributed by atoms with van der Waals surface area (Å²) < 4.78 is 0. The van der Waals surface area contributed by atoms with Crippen molar-refractivity contribution in [3.8, 4) is 0 Å². The lowest BCUT2D eigenvalue weighted by Gasteiger charge is -2.32. The highest BCUT2D eigenvalue weighted by Crippen LogP contribution is 2.58. The quantitative estimate of drug-likeness (QED) is 0.502. The Balaban J connectivity index is 2.24. The fraction of sp³-hybridized carbons (Fsp3) is 1.00.